The Morgan fingerprint density at radius 2 is 2.35 bits per heavy atom. The minimum Gasteiger partial charge on any atom is -0.444 e. The van der Waals surface area contributed by atoms with Gasteiger partial charge in [-0.1, -0.05) is 0 Å². The summed E-state index contributed by atoms with van der Waals surface area (Å²) in [5.41, 5.74) is 1.90. The molecule has 1 aromatic rings. The van der Waals surface area contributed by atoms with Crippen LogP contribution in [-0.4, -0.2) is 24.2 Å². The summed E-state index contributed by atoms with van der Waals surface area (Å²) in [5.74, 6) is 0. The van der Waals surface area contributed by atoms with Gasteiger partial charge in [0.15, 0.2) is 6.23 Å². The molecule has 0 fully saturated rings. The van der Waals surface area contributed by atoms with E-state index >= 15 is 0 Å². The van der Waals surface area contributed by atoms with Crippen molar-refractivity contribution in [3.63, 3.8) is 0 Å². The lowest BCUT2D eigenvalue weighted by Crippen LogP contribution is -2.33. The Hall–Kier alpha value is -2.11. The fraction of sp³-hybridized carbons (Fsp3) is 0.364. The van der Waals surface area contributed by atoms with Crippen LogP contribution in [0.4, 0.5) is 11.4 Å². The topological polar surface area (TPSA) is 72.7 Å². The van der Waals surface area contributed by atoms with E-state index in [1.54, 1.807) is 19.1 Å². The Kier molecular flexibility index (Phi) is 2.95. The van der Waals surface area contributed by atoms with E-state index in [2.05, 4.69) is 0 Å². The van der Waals surface area contributed by atoms with Crippen molar-refractivity contribution in [1.82, 2.24) is 0 Å². The van der Waals surface area contributed by atoms with Crippen molar-refractivity contribution in [3.8, 4) is 0 Å². The molecular weight excluding hydrogens is 224 g/mol. The Labute approximate surface area is 97.9 Å². The van der Waals surface area contributed by atoms with Gasteiger partial charge in [0.2, 0.25) is 0 Å². The van der Waals surface area contributed by atoms with Crippen LogP contribution in [0.2, 0.25) is 0 Å². The molecule has 0 amide bonds. The number of hydrogen-bond acceptors (Lipinski definition) is 5. The van der Waals surface area contributed by atoms with Crippen LogP contribution in [0.5, 0.6) is 0 Å². The summed E-state index contributed by atoms with van der Waals surface area (Å²) >= 11 is 0. The Morgan fingerprint density at radius 1 is 1.59 bits per heavy atom. The molecule has 17 heavy (non-hydrogen) atoms. The number of benzene rings is 1. The van der Waals surface area contributed by atoms with E-state index in [1.165, 1.54) is 6.07 Å². The molecule has 6 heteroatoms. The third-order valence-electron chi connectivity index (χ3n) is 2.90. The third-order valence-corrected chi connectivity index (χ3v) is 2.90. The molecule has 0 bridgehead atoms. The standard InChI is InChI=1S/C11H12N2O4/c1-8(17-7-14)12-5-4-9-6-10(13(15)16)2-3-11(9)12/h2-3,6-8H,4-5H2,1H3. The van der Waals surface area contributed by atoms with Gasteiger partial charge in [0.05, 0.1) is 4.92 Å². The molecule has 1 atom stereocenters. The van der Waals surface area contributed by atoms with Gasteiger partial charge >= 0.3 is 0 Å². The van der Waals surface area contributed by atoms with E-state index in [9.17, 15) is 14.9 Å². The van der Waals surface area contributed by atoms with Crippen LogP contribution in [0.15, 0.2) is 18.2 Å². The molecule has 90 valence electrons. The number of hydrogen-bond donors (Lipinski definition) is 0. The van der Waals surface area contributed by atoms with Gasteiger partial charge in [0, 0.05) is 24.4 Å². The molecule has 0 saturated carbocycles. The van der Waals surface area contributed by atoms with Crippen molar-refractivity contribution in [2.75, 3.05) is 11.4 Å². The lowest BCUT2D eigenvalue weighted by Gasteiger charge is -2.25. The van der Waals surface area contributed by atoms with Crippen molar-refractivity contribution in [2.45, 2.75) is 19.6 Å². The van der Waals surface area contributed by atoms with Gasteiger partial charge in [-0.25, -0.2) is 0 Å². The molecule has 1 aliphatic rings. The minimum absolute atomic E-state index is 0.0922. The van der Waals surface area contributed by atoms with Gasteiger partial charge in [-0.3, -0.25) is 14.9 Å². The van der Waals surface area contributed by atoms with Crippen molar-refractivity contribution < 1.29 is 14.5 Å². The summed E-state index contributed by atoms with van der Waals surface area (Å²) in [4.78, 5) is 22.4. The minimum atomic E-state index is -0.408. The quantitative estimate of drug-likeness (QED) is 0.449. The van der Waals surface area contributed by atoms with E-state index in [0.717, 1.165) is 17.7 Å². The predicted octanol–water partition coefficient (Wildman–Crippen LogP) is 1.48. The lowest BCUT2D eigenvalue weighted by atomic mass is 10.1. The second-order valence-corrected chi connectivity index (χ2v) is 3.85. The van der Waals surface area contributed by atoms with Crippen LogP contribution in [0.1, 0.15) is 12.5 Å². The SMILES string of the molecule is CC(OC=O)N1CCc2cc([N+](=O)[O-])ccc21. The number of nitro benzene ring substituents is 1. The molecule has 0 radical (unpaired) electrons. The molecule has 1 aliphatic heterocycles. The predicted molar refractivity (Wildman–Crippen MR) is 60.8 cm³/mol. The fourth-order valence-corrected chi connectivity index (χ4v) is 2.06. The summed E-state index contributed by atoms with van der Waals surface area (Å²) in [6.45, 7) is 2.88. The number of anilines is 1. The fourth-order valence-electron chi connectivity index (χ4n) is 2.06. The van der Waals surface area contributed by atoms with Gasteiger partial charge in [0.1, 0.15) is 0 Å². The Balaban J connectivity index is 2.27. The lowest BCUT2D eigenvalue weighted by molar-refractivity contribution is -0.384. The van der Waals surface area contributed by atoms with E-state index in [4.69, 9.17) is 4.74 Å². The number of carbonyl (C=O) groups is 1. The van der Waals surface area contributed by atoms with Crippen LogP contribution in [0.3, 0.4) is 0 Å². The first-order valence-corrected chi connectivity index (χ1v) is 5.26. The first kappa shape index (κ1) is 11.4. The van der Waals surface area contributed by atoms with Crippen molar-refractivity contribution in [3.05, 3.63) is 33.9 Å². The van der Waals surface area contributed by atoms with E-state index in [0.29, 0.717) is 13.0 Å². The first-order chi connectivity index (χ1) is 8.13. The Morgan fingerprint density at radius 3 is 3.00 bits per heavy atom. The van der Waals surface area contributed by atoms with Crippen molar-refractivity contribution in [1.29, 1.82) is 0 Å². The van der Waals surface area contributed by atoms with Gasteiger partial charge in [0.25, 0.3) is 12.2 Å². The average molecular weight is 236 g/mol. The number of nitrogens with zero attached hydrogens (tertiary/aromatic N) is 2. The van der Waals surface area contributed by atoms with Gasteiger partial charge in [-0.15, -0.1) is 0 Å². The first-order valence-electron chi connectivity index (χ1n) is 5.26. The second kappa shape index (κ2) is 4.40. The van der Waals surface area contributed by atoms with Crippen molar-refractivity contribution in [2.24, 2.45) is 0 Å². The molecule has 1 unspecified atom stereocenters. The number of non-ortho nitro benzene ring substituents is 1. The molecule has 1 heterocycles. The van der Waals surface area contributed by atoms with Crippen LogP contribution in [0.25, 0.3) is 0 Å². The summed E-state index contributed by atoms with van der Waals surface area (Å²) < 4.78 is 4.87. The monoisotopic (exact) mass is 236 g/mol. The molecule has 0 N–H and O–H groups in total. The van der Waals surface area contributed by atoms with Crippen LogP contribution < -0.4 is 4.90 Å². The van der Waals surface area contributed by atoms with Gasteiger partial charge in [-0.05, 0) is 25.0 Å². The third kappa shape index (κ3) is 2.06. The molecule has 0 aliphatic carbocycles. The number of fused-ring (bicyclic) bond motifs is 1. The number of nitro groups is 1. The van der Waals surface area contributed by atoms with E-state index in [-0.39, 0.29) is 11.9 Å². The Bertz CT molecular complexity index is 461. The summed E-state index contributed by atoms with van der Waals surface area (Å²) in [7, 11) is 0. The van der Waals surface area contributed by atoms with E-state index in [1.807, 2.05) is 4.90 Å². The zero-order chi connectivity index (χ0) is 12.4. The highest BCUT2D eigenvalue weighted by Crippen LogP contribution is 2.32. The highest BCUT2D eigenvalue weighted by Gasteiger charge is 2.25. The van der Waals surface area contributed by atoms with Gasteiger partial charge < -0.3 is 9.64 Å². The van der Waals surface area contributed by atoms with Crippen LogP contribution in [-0.2, 0) is 16.0 Å². The van der Waals surface area contributed by atoms with Crippen LogP contribution in [0, 0.1) is 10.1 Å². The highest BCUT2D eigenvalue weighted by atomic mass is 16.6. The van der Waals surface area contributed by atoms with Crippen molar-refractivity contribution >= 4 is 17.8 Å². The zero-order valence-corrected chi connectivity index (χ0v) is 9.33. The second-order valence-electron chi connectivity index (χ2n) is 3.85. The van der Waals surface area contributed by atoms with E-state index < -0.39 is 4.92 Å². The smallest absolute Gasteiger partial charge is 0.294 e. The number of rotatable bonds is 4. The number of carbonyl (C=O) groups excluding carboxylic acids is 1. The maximum absolute atomic E-state index is 10.6. The molecule has 0 spiro atoms. The molecule has 1 aromatic carbocycles. The van der Waals surface area contributed by atoms with Crippen LogP contribution >= 0.6 is 0 Å². The average Bonchev–Trinajstić information content (AvgIpc) is 2.71. The van der Waals surface area contributed by atoms with Gasteiger partial charge in [-0.2, -0.15) is 0 Å². The summed E-state index contributed by atoms with van der Waals surface area (Å²) in [6.07, 6.45) is 0.374. The maximum atomic E-state index is 10.6. The highest BCUT2D eigenvalue weighted by molar-refractivity contribution is 5.62. The normalized spacial score (nSPS) is 15.2. The molecular formula is C11H12N2O4. The molecule has 2 rings (SSSR count). The summed E-state index contributed by atoms with van der Waals surface area (Å²) in [6, 6.07) is 4.73. The maximum Gasteiger partial charge on any atom is 0.294 e. The number of ether oxygens (including phenoxy) is 1. The molecule has 6 nitrogen and oxygen atoms in total. The molecule has 0 saturated heterocycles. The summed E-state index contributed by atoms with van der Waals surface area (Å²) in [5, 5.41) is 10.6. The molecule has 0 aromatic heterocycles. The largest absolute Gasteiger partial charge is 0.444 e. The zero-order valence-electron chi connectivity index (χ0n) is 9.33.